The minimum atomic E-state index is -0.00843. The summed E-state index contributed by atoms with van der Waals surface area (Å²) in [5, 5.41) is 0. The molecule has 1 heteroatoms. The van der Waals surface area contributed by atoms with Crippen molar-refractivity contribution in [3.8, 4) is 0 Å². The van der Waals surface area contributed by atoms with Crippen molar-refractivity contribution in [2.45, 2.75) is 25.3 Å². The van der Waals surface area contributed by atoms with Gasteiger partial charge in [0.2, 0.25) is 0 Å². The molecule has 13 heavy (non-hydrogen) atoms. The molecule has 0 radical (unpaired) electrons. The Labute approximate surface area is 79.3 Å². The fourth-order valence-electron chi connectivity index (χ4n) is 1.94. The van der Waals surface area contributed by atoms with Crippen molar-refractivity contribution in [1.29, 1.82) is 0 Å². The normalized spacial score (nSPS) is 16.7. The van der Waals surface area contributed by atoms with Gasteiger partial charge >= 0.3 is 0 Å². The van der Waals surface area contributed by atoms with Crippen LogP contribution in [0.25, 0.3) is 0 Å². The highest BCUT2D eigenvalue weighted by atomic mass is 14.6. The maximum atomic E-state index is 5.87. The summed E-state index contributed by atoms with van der Waals surface area (Å²) in [5.74, 6) is 0. The Morgan fingerprint density at radius 3 is 2.85 bits per heavy atom. The van der Waals surface area contributed by atoms with Gasteiger partial charge in [-0.15, -0.1) is 6.58 Å². The highest BCUT2D eigenvalue weighted by molar-refractivity contribution is 5.37. The van der Waals surface area contributed by atoms with Gasteiger partial charge in [-0.2, -0.15) is 0 Å². The summed E-state index contributed by atoms with van der Waals surface area (Å²) in [7, 11) is 0. The Balaban J connectivity index is 2.35. The molecule has 2 N–H and O–H groups in total. The Bertz CT molecular complexity index is 328. The van der Waals surface area contributed by atoms with E-state index in [1.54, 1.807) is 6.08 Å². The van der Waals surface area contributed by atoms with Crippen molar-refractivity contribution >= 4 is 0 Å². The summed E-state index contributed by atoms with van der Waals surface area (Å²) in [5.41, 5.74) is 10.0. The SMILES string of the molecule is C=C[C@@H](N)c1ccc2c(c1)CCC2. The number of aryl methyl sites for hydroxylation is 2. The van der Waals surface area contributed by atoms with Gasteiger partial charge in [-0.1, -0.05) is 24.3 Å². The van der Waals surface area contributed by atoms with E-state index in [4.69, 9.17) is 5.73 Å². The van der Waals surface area contributed by atoms with Crippen LogP contribution in [0.2, 0.25) is 0 Å². The second-order valence-corrected chi connectivity index (χ2v) is 3.64. The molecule has 1 atom stereocenters. The average molecular weight is 173 g/mol. The monoisotopic (exact) mass is 173 g/mol. The third-order valence-electron chi connectivity index (χ3n) is 2.76. The Hall–Kier alpha value is -1.08. The van der Waals surface area contributed by atoms with Crippen LogP contribution in [0.15, 0.2) is 30.9 Å². The first-order chi connectivity index (χ1) is 6.31. The molecule has 1 aliphatic rings. The van der Waals surface area contributed by atoms with Gasteiger partial charge in [0.25, 0.3) is 0 Å². The second-order valence-electron chi connectivity index (χ2n) is 3.64. The fourth-order valence-corrected chi connectivity index (χ4v) is 1.94. The first-order valence-corrected chi connectivity index (χ1v) is 4.81. The smallest absolute Gasteiger partial charge is 0.0478 e. The largest absolute Gasteiger partial charge is 0.321 e. The van der Waals surface area contributed by atoms with Crippen molar-refractivity contribution < 1.29 is 0 Å². The second kappa shape index (κ2) is 3.35. The van der Waals surface area contributed by atoms with Gasteiger partial charge in [0.05, 0.1) is 0 Å². The summed E-state index contributed by atoms with van der Waals surface area (Å²) in [6.45, 7) is 3.71. The molecular formula is C12H15N. The van der Waals surface area contributed by atoms with Gasteiger partial charge in [-0.05, 0) is 36.0 Å². The van der Waals surface area contributed by atoms with Crippen molar-refractivity contribution in [2.24, 2.45) is 5.73 Å². The summed E-state index contributed by atoms with van der Waals surface area (Å²) in [4.78, 5) is 0. The number of hydrogen-bond acceptors (Lipinski definition) is 1. The fraction of sp³-hybridized carbons (Fsp3) is 0.333. The zero-order valence-electron chi connectivity index (χ0n) is 7.79. The molecule has 0 spiro atoms. The van der Waals surface area contributed by atoms with E-state index in [0.717, 1.165) is 0 Å². The lowest BCUT2D eigenvalue weighted by Crippen LogP contribution is -2.06. The van der Waals surface area contributed by atoms with E-state index < -0.39 is 0 Å². The number of benzene rings is 1. The molecule has 0 saturated heterocycles. The summed E-state index contributed by atoms with van der Waals surface area (Å²) >= 11 is 0. The molecule has 0 bridgehead atoms. The zero-order chi connectivity index (χ0) is 9.26. The van der Waals surface area contributed by atoms with Gasteiger partial charge in [0, 0.05) is 6.04 Å². The predicted octanol–water partition coefficient (Wildman–Crippen LogP) is 2.36. The van der Waals surface area contributed by atoms with Crippen LogP contribution in [-0.2, 0) is 12.8 Å². The van der Waals surface area contributed by atoms with Crippen molar-refractivity contribution in [3.63, 3.8) is 0 Å². The number of rotatable bonds is 2. The molecule has 1 aliphatic carbocycles. The molecule has 0 amide bonds. The Kier molecular flexibility index (Phi) is 2.19. The van der Waals surface area contributed by atoms with Crippen LogP contribution in [-0.4, -0.2) is 0 Å². The summed E-state index contributed by atoms with van der Waals surface area (Å²) in [6.07, 6.45) is 5.53. The first kappa shape index (κ1) is 8.52. The molecule has 68 valence electrons. The summed E-state index contributed by atoms with van der Waals surface area (Å²) < 4.78 is 0. The molecule has 0 unspecified atom stereocenters. The zero-order valence-corrected chi connectivity index (χ0v) is 7.79. The molecular weight excluding hydrogens is 158 g/mol. The highest BCUT2D eigenvalue weighted by Crippen LogP contribution is 2.24. The number of hydrogen-bond donors (Lipinski definition) is 1. The van der Waals surface area contributed by atoms with Crippen molar-refractivity contribution in [2.75, 3.05) is 0 Å². The van der Waals surface area contributed by atoms with Gasteiger partial charge < -0.3 is 5.73 Å². The average Bonchev–Trinajstić information content (AvgIpc) is 2.63. The molecule has 1 nitrogen and oxygen atoms in total. The van der Waals surface area contributed by atoms with Crippen LogP contribution in [0.1, 0.15) is 29.2 Å². The molecule has 1 aromatic carbocycles. The van der Waals surface area contributed by atoms with Gasteiger partial charge in [0.15, 0.2) is 0 Å². The van der Waals surface area contributed by atoms with Crippen LogP contribution >= 0.6 is 0 Å². The molecule has 0 aliphatic heterocycles. The standard InChI is InChI=1S/C12H15N/c1-2-12(13)11-7-6-9-4-3-5-10(9)8-11/h2,6-8,12H,1,3-5,13H2/t12-/m1/s1. The molecule has 2 rings (SSSR count). The van der Waals surface area contributed by atoms with E-state index in [1.807, 2.05) is 0 Å². The molecule has 1 aromatic rings. The Morgan fingerprint density at radius 1 is 1.31 bits per heavy atom. The highest BCUT2D eigenvalue weighted by Gasteiger charge is 2.11. The predicted molar refractivity (Wildman–Crippen MR) is 55.6 cm³/mol. The third-order valence-corrected chi connectivity index (χ3v) is 2.76. The third kappa shape index (κ3) is 1.52. The Morgan fingerprint density at radius 2 is 2.08 bits per heavy atom. The van der Waals surface area contributed by atoms with Crippen LogP contribution in [0.4, 0.5) is 0 Å². The summed E-state index contributed by atoms with van der Waals surface area (Å²) in [6, 6.07) is 6.55. The van der Waals surface area contributed by atoms with Gasteiger partial charge in [-0.3, -0.25) is 0 Å². The van der Waals surface area contributed by atoms with Gasteiger partial charge in [-0.25, -0.2) is 0 Å². The van der Waals surface area contributed by atoms with E-state index in [-0.39, 0.29) is 6.04 Å². The van der Waals surface area contributed by atoms with Crippen molar-refractivity contribution in [3.05, 3.63) is 47.5 Å². The lowest BCUT2D eigenvalue weighted by molar-refractivity contribution is 0.902. The van der Waals surface area contributed by atoms with E-state index in [2.05, 4.69) is 24.8 Å². The topological polar surface area (TPSA) is 26.0 Å². The van der Waals surface area contributed by atoms with E-state index in [9.17, 15) is 0 Å². The first-order valence-electron chi connectivity index (χ1n) is 4.81. The van der Waals surface area contributed by atoms with Gasteiger partial charge in [0.1, 0.15) is 0 Å². The maximum absolute atomic E-state index is 5.87. The van der Waals surface area contributed by atoms with E-state index >= 15 is 0 Å². The van der Waals surface area contributed by atoms with E-state index in [0.29, 0.717) is 0 Å². The number of nitrogens with two attached hydrogens (primary N) is 1. The van der Waals surface area contributed by atoms with E-state index in [1.165, 1.54) is 36.0 Å². The molecule has 0 fully saturated rings. The van der Waals surface area contributed by atoms with Crippen LogP contribution in [0, 0.1) is 0 Å². The minimum absolute atomic E-state index is 0.00843. The maximum Gasteiger partial charge on any atom is 0.0478 e. The van der Waals surface area contributed by atoms with Crippen LogP contribution < -0.4 is 5.73 Å². The van der Waals surface area contributed by atoms with Crippen LogP contribution in [0.5, 0.6) is 0 Å². The number of fused-ring (bicyclic) bond motifs is 1. The molecule has 0 saturated carbocycles. The lowest BCUT2D eigenvalue weighted by Gasteiger charge is -2.08. The van der Waals surface area contributed by atoms with Crippen LogP contribution in [0.3, 0.4) is 0 Å². The molecule has 0 heterocycles. The minimum Gasteiger partial charge on any atom is -0.321 e. The lowest BCUT2D eigenvalue weighted by atomic mass is 10.0. The quantitative estimate of drug-likeness (QED) is 0.683. The molecule has 0 aromatic heterocycles. The van der Waals surface area contributed by atoms with Crippen molar-refractivity contribution in [1.82, 2.24) is 0 Å².